The minimum Gasteiger partial charge on any atom is -0.481 e. The Hall–Kier alpha value is -1.49. The number of hydrogen-bond donors (Lipinski definition) is 2. The average Bonchev–Trinajstić information content (AvgIpc) is 2.81. The van der Waals surface area contributed by atoms with Gasteiger partial charge >= 0.3 is 5.97 Å². The molecule has 0 amide bonds. The lowest BCUT2D eigenvalue weighted by Crippen LogP contribution is -2.24. The minimum absolute atomic E-state index is 0.229. The van der Waals surface area contributed by atoms with E-state index in [1.807, 2.05) is 0 Å². The molecule has 5 heteroatoms. The molecule has 1 aromatic rings. The summed E-state index contributed by atoms with van der Waals surface area (Å²) in [4.78, 5) is 11.0. The van der Waals surface area contributed by atoms with Crippen LogP contribution in [-0.4, -0.2) is 16.2 Å². The van der Waals surface area contributed by atoms with Crippen molar-refractivity contribution in [3.63, 3.8) is 0 Å². The highest BCUT2D eigenvalue weighted by molar-refractivity contribution is 5.70. The van der Waals surface area contributed by atoms with Crippen LogP contribution in [0.15, 0.2) is 18.2 Å². The summed E-state index contributed by atoms with van der Waals surface area (Å²) in [6.07, 6.45) is 0.754. The smallest absolute Gasteiger partial charge is 0.306 e. The van der Waals surface area contributed by atoms with Crippen molar-refractivity contribution in [1.82, 2.24) is 0 Å². The largest absolute Gasteiger partial charge is 0.481 e. The van der Waals surface area contributed by atoms with Crippen LogP contribution in [0.5, 0.6) is 0 Å². The molecule has 18 heavy (non-hydrogen) atoms. The Balaban J connectivity index is 2.22. The van der Waals surface area contributed by atoms with Gasteiger partial charge in [-0.05, 0) is 30.5 Å². The van der Waals surface area contributed by atoms with Crippen LogP contribution in [0, 0.1) is 23.5 Å². The van der Waals surface area contributed by atoms with Gasteiger partial charge in [0.05, 0.1) is 12.0 Å². The van der Waals surface area contributed by atoms with Crippen molar-refractivity contribution in [3.05, 3.63) is 35.4 Å². The lowest BCUT2D eigenvalue weighted by molar-refractivity contribution is -0.144. The summed E-state index contributed by atoms with van der Waals surface area (Å²) in [5.41, 5.74) is 0.229. The highest BCUT2D eigenvalue weighted by Crippen LogP contribution is 2.40. The highest BCUT2D eigenvalue weighted by atomic mass is 19.2. The zero-order valence-electron chi connectivity index (χ0n) is 9.64. The number of rotatable bonds is 3. The minimum atomic E-state index is -1.07. The van der Waals surface area contributed by atoms with E-state index in [1.165, 1.54) is 6.07 Å². The summed E-state index contributed by atoms with van der Waals surface area (Å²) < 4.78 is 25.9. The Kier molecular flexibility index (Phi) is 3.61. The number of hydrogen-bond acceptors (Lipinski definition) is 2. The Morgan fingerprint density at radius 3 is 2.61 bits per heavy atom. The van der Waals surface area contributed by atoms with Gasteiger partial charge < -0.3 is 10.2 Å². The molecule has 1 aliphatic carbocycles. The molecule has 0 spiro atoms. The van der Waals surface area contributed by atoms with Crippen molar-refractivity contribution in [3.8, 4) is 0 Å². The number of carboxylic acid groups (broad SMARTS) is 1. The zero-order chi connectivity index (χ0) is 13.3. The SMILES string of the molecule is O=C(O)C1CCCC1C(O)c1ccc(F)c(F)c1. The van der Waals surface area contributed by atoms with Crippen molar-refractivity contribution in [1.29, 1.82) is 0 Å². The first-order valence-corrected chi connectivity index (χ1v) is 5.86. The Bertz CT molecular complexity index is 462. The summed E-state index contributed by atoms with van der Waals surface area (Å²) in [7, 11) is 0. The van der Waals surface area contributed by atoms with E-state index < -0.39 is 35.5 Å². The van der Waals surface area contributed by atoms with E-state index in [9.17, 15) is 18.7 Å². The number of aliphatic hydroxyl groups is 1. The molecule has 0 aliphatic heterocycles. The zero-order valence-corrected chi connectivity index (χ0v) is 9.64. The third-order valence-electron chi connectivity index (χ3n) is 3.58. The summed E-state index contributed by atoms with van der Waals surface area (Å²) in [5.74, 6) is -4.01. The van der Waals surface area contributed by atoms with E-state index >= 15 is 0 Å². The molecule has 1 aliphatic rings. The Morgan fingerprint density at radius 1 is 1.28 bits per heavy atom. The molecule has 0 saturated heterocycles. The van der Waals surface area contributed by atoms with Crippen molar-refractivity contribution in [2.45, 2.75) is 25.4 Å². The van der Waals surface area contributed by atoms with Gasteiger partial charge in [-0.15, -0.1) is 0 Å². The number of carboxylic acids is 1. The molecule has 0 bridgehead atoms. The predicted octanol–water partition coefficient (Wildman–Crippen LogP) is 2.50. The first kappa shape index (κ1) is 13.0. The van der Waals surface area contributed by atoms with Crippen molar-refractivity contribution in [2.75, 3.05) is 0 Å². The van der Waals surface area contributed by atoms with Crippen molar-refractivity contribution < 1.29 is 23.8 Å². The molecule has 3 atom stereocenters. The lowest BCUT2D eigenvalue weighted by atomic mass is 9.87. The molecule has 3 nitrogen and oxygen atoms in total. The van der Waals surface area contributed by atoms with Gasteiger partial charge in [0.25, 0.3) is 0 Å². The highest BCUT2D eigenvalue weighted by Gasteiger charge is 2.38. The third kappa shape index (κ3) is 2.36. The summed E-state index contributed by atoms with van der Waals surface area (Å²) in [6.45, 7) is 0. The second-order valence-corrected chi connectivity index (χ2v) is 4.66. The Morgan fingerprint density at radius 2 is 2.00 bits per heavy atom. The Labute approximate surface area is 103 Å². The van der Waals surface area contributed by atoms with E-state index in [0.717, 1.165) is 18.6 Å². The fraction of sp³-hybridized carbons (Fsp3) is 0.462. The van der Waals surface area contributed by atoms with Crippen LogP contribution in [0.4, 0.5) is 8.78 Å². The average molecular weight is 256 g/mol. The topological polar surface area (TPSA) is 57.5 Å². The maximum atomic E-state index is 13.1. The van der Waals surface area contributed by atoms with E-state index in [4.69, 9.17) is 5.11 Å². The molecular weight excluding hydrogens is 242 g/mol. The number of benzene rings is 1. The molecule has 98 valence electrons. The lowest BCUT2D eigenvalue weighted by Gasteiger charge is -2.22. The normalized spacial score (nSPS) is 25.1. The molecule has 1 saturated carbocycles. The standard InChI is InChI=1S/C13H14F2O3/c14-10-5-4-7(6-11(10)15)12(16)8-2-1-3-9(8)13(17)18/h4-6,8-9,12,16H,1-3H2,(H,17,18). The second kappa shape index (κ2) is 5.02. The fourth-order valence-corrected chi connectivity index (χ4v) is 2.62. The third-order valence-corrected chi connectivity index (χ3v) is 3.58. The van der Waals surface area contributed by atoms with Crippen LogP contribution in [0.25, 0.3) is 0 Å². The van der Waals surface area contributed by atoms with Gasteiger partial charge in [-0.25, -0.2) is 8.78 Å². The predicted molar refractivity (Wildman–Crippen MR) is 59.8 cm³/mol. The van der Waals surface area contributed by atoms with Crippen LogP contribution < -0.4 is 0 Å². The van der Waals surface area contributed by atoms with Crippen LogP contribution in [-0.2, 0) is 4.79 Å². The summed E-state index contributed by atoms with van der Waals surface area (Å²) >= 11 is 0. The van der Waals surface area contributed by atoms with Crippen LogP contribution in [0.3, 0.4) is 0 Å². The van der Waals surface area contributed by atoms with Gasteiger partial charge in [0.15, 0.2) is 11.6 Å². The van der Waals surface area contributed by atoms with Crippen molar-refractivity contribution in [2.24, 2.45) is 11.8 Å². The summed E-state index contributed by atoms with van der Waals surface area (Å²) in [6, 6.07) is 3.16. The van der Waals surface area contributed by atoms with E-state index in [2.05, 4.69) is 0 Å². The van der Waals surface area contributed by atoms with Crippen LogP contribution >= 0.6 is 0 Å². The fourth-order valence-electron chi connectivity index (χ4n) is 2.62. The summed E-state index contributed by atoms with van der Waals surface area (Å²) in [5, 5.41) is 19.1. The molecule has 0 radical (unpaired) electrons. The van der Waals surface area contributed by atoms with Crippen LogP contribution in [0.1, 0.15) is 30.9 Å². The van der Waals surface area contributed by atoms with Gasteiger partial charge in [0.1, 0.15) is 0 Å². The van der Waals surface area contributed by atoms with E-state index in [0.29, 0.717) is 12.8 Å². The maximum Gasteiger partial charge on any atom is 0.306 e. The number of aliphatic carboxylic acids is 1. The van der Waals surface area contributed by atoms with Gasteiger partial charge in [-0.2, -0.15) is 0 Å². The first-order valence-electron chi connectivity index (χ1n) is 5.86. The maximum absolute atomic E-state index is 13.1. The monoisotopic (exact) mass is 256 g/mol. The molecule has 2 rings (SSSR count). The quantitative estimate of drug-likeness (QED) is 0.873. The van der Waals surface area contributed by atoms with Gasteiger partial charge in [-0.3, -0.25) is 4.79 Å². The van der Waals surface area contributed by atoms with Gasteiger partial charge in [0.2, 0.25) is 0 Å². The molecule has 1 fully saturated rings. The number of carbonyl (C=O) groups is 1. The second-order valence-electron chi connectivity index (χ2n) is 4.66. The molecule has 0 heterocycles. The van der Waals surface area contributed by atoms with E-state index in [1.54, 1.807) is 0 Å². The molecular formula is C13H14F2O3. The first-order chi connectivity index (χ1) is 8.50. The molecule has 0 aromatic heterocycles. The van der Waals surface area contributed by atoms with Crippen molar-refractivity contribution >= 4 is 5.97 Å². The van der Waals surface area contributed by atoms with Crippen LogP contribution in [0.2, 0.25) is 0 Å². The molecule has 2 N–H and O–H groups in total. The number of aliphatic hydroxyl groups excluding tert-OH is 1. The van der Waals surface area contributed by atoms with Gasteiger partial charge in [-0.1, -0.05) is 12.5 Å². The number of halogens is 2. The molecule has 3 unspecified atom stereocenters. The van der Waals surface area contributed by atoms with E-state index in [-0.39, 0.29) is 5.56 Å². The van der Waals surface area contributed by atoms with Gasteiger partial charge in [0, 0.05) is 5.92 Å². The molecule has 1 aromatic carbocycles.